The molecule has 5 heterocycles. The second-order valence-corrected chi connectivity index (χ2v) is 11.6. The summed E-state index contributed by atoms with van der Waals surface area (Å²) in [7, 11) is 3.53. The summed E-state index contributed by atoms with van der Waals surface area (Å²) in [5, 5.41) is 2.50. The molecular weight excluding hydrogens is 768 g/mol. The third-order valence-electron chi connectivity index (χ3n) is 9.30. The van der Waals surface area contributed by atoms with Crippen LogP contribution in [-0.4, -0.2) is 19.1 Å². The van der Waals surface area contributed by atoms with E-state index in [0.717, 1.165) is 32.9 Å². The summed E-state index contributed by atoms with van der Waals surface area (Å²) in [6.07, 6.45) is 0. The van der Waals surface area contributed by atoms with Crippen LogP contribution in [0.15, 0.2) is 119 Å². The molecule has 1 aliphatic heterocycles. The van der Waals surface area contributed by atoms with Crippen LogP contribution < -0.4 is 15.9 Å². The van der Waals surface area contributed by atoms with Gasteiger partial charge < -0.3 is 13.9 Å². The van der Waals surface area contributed by atoms with E-state index < -0.39 is 5.41 Å². The Bertz CT molecular complexity index is 2530. The molecular formula is C39H24N4O3Pt. The number of hydrogen-bond donors (Lipinski definition) is 0. The van der Waals surface area contributed by atoms with Crippen molar-refractivity contribution in [1.82, 2.24) is 19.1 Å². The fourth-order valence-corrected chi connectivity index (χ4v) is 7.11. The zero-order valence-corrected chi connectivity index (χ0v) is 27.5. The maximum atomic E-state index is 13.5. The molecule has 0 aliphatic carbocycles. The topological polar surface area (TPSA) is 79.0 Å². The Morgan fingerprint density at radius 3 is 1.51 bits per heavy atom. The molecule has 7 nitrogen and oxygen atoms in total. The molecule has 0 saturated carbocycles. The second kappa shape index (κ2) is 10.6. The Hall–Kier alpha value is -5.39. The number of fused-ring (bicyclic) bond motifs is 8. The summed E-state index contributed by atoms with van der Waals surface area (Å²) in [6.45, 7) is 0. The molecule has 47 heavy (non-hydrogen) atoms. The van der Waals surface area contributed by atoms with Gasteiger partial charge in [-0.3, -0.25) is 19.6 Å². The molecule has 0 bridgehead atoms. The van der Waals surface area contributed by atoms with Crippen molar-refractivity contribution in [3.63, 3.8) is 0 Å². The Morgan fingerprint density at radius 1 is 0.596 bits per heavy atom. The SMILES string of the molecule is Cn1c(=O)c2ccc(C3(c4ccc5c(=O)n(C)c6ccc[c-]c6c5n4)c4ccccc4Oc4ccccc43)nc2c2[c-]cccc21.[Pt+2]. The largest absolute Gasteiger partial charge is 2.00 e. The molecule has 4 aromatic heterocycles. The van der Waals surface area contributed by atoms with Gasteiger partial charge in [-0.05, 0) is 35.3 Å². The van der Waals surface area contributed by atoms with Gasteiger partial charge in [0.15, 0.2) is 0 Å². The van der Waals surface area contributed by atoms with E-state index >= 15 is 0 Å². The molecule has 8 aromatic rings. The maximum Gasteiger partial charge on any atom is 2.00 e. The zero-order chi connectivity index (χ0) is 31.2. The Labute approximate surface area is 283 Å². The number of nitrogens with zero attached hydrogens (tertiary/aromatic N) is 4. The van der Waals surface area contributed by atoms with E-state index in [4.69, 9.17) is 14.7 Å². The van der Waals surface area contributed by atoms with Gasteiger partial charge in [0, 0.05) is 47.0 Å². The average Bonchev–Trinajstić information content (AvgIpc) is 3.11. The van der Waals surface area contributed by atoms with Gasteiger partial charge in [0.25, 0.3) is 0 Å². The van der Waals surface area contributed by atoms with Gasteiger partial charge in [-0.15, -0.1) is 59.3 Å². The van der Waals surface area contributed by atoms with Crippen molar-refractivity contribution in [2.75, 3.05) is 0 Å². The van der Waals surface area contributed by atoms with Gasteiger partial charge in [0.05, 0.1) is 11.4 Å². The number of rotatable bonds is 2. The summed E-state index contributed by atoms with van der Waals surface area (Å²) in [5.41, 5.74) is 4.30. The van der Waals surface area contributed by atoms with E-state index in [2.05, 4.69) is 12.1 Å². The molecule has 0 radical (unpaired) electrons. The molecule has 8 heteroatoms. The van der Waals surface area contributed by atoms with Crippen LogP contribution in [0.25, 0.3) is 43.6 Å². The number of benzene rings is 4. The van der Waals surface area contributed by atoms with Crippen LogP contribution in [0.5, 0.6) is 11.5 Å². The fraction of sp³-hybridized carbons (Fsp3) is 0.0769. The third-order valence-corrected chi connectivity index (χ3v) is 9.30. The van der Waals surface area contributed by atoms with E-state index in [9.17, 15) is 9.59 Å². The number of hydrogen-bond acceptors (Lipinski definition) is 5. The first-order valence-electron chi connectivity index (χ1n) is 15.0. The monoisotopic (exact) mass is 791 g/mol. The van der Waals surface area contributed by atoms with Crippen LogP contribution in [0, 0.1) is 12.1 Å². The Morgan fingerprint density at radius 2 is 1.04 bits per heavy atom. The molecule has 0 N–H and O–H groups in total. The van der Waals surface area contributed by atoms with Gasteiger partial charge in [0.1, 0.15) is 16.9 Å². The third kappa shape index (κ3) is 3.90. The first-order chi connectivity index (χ1) is 22.5. The van der Waals surface area contributed by atoms with Crippen LogP contribution >= 0.6 is 0 Å². The second-order valence-electron chi connectivity index (χ2n) is 11.6. The van der Waals surface area contributed by atoms with E-state index in [1.807, 2.05) is 109 Å². The van der Waals surface area contributed by atoms with Crippen LogP contribution in [0.2, 0.25) is 0 Å². The van der Waals surface area contributed by atoms with Gasteiger partial charge in [-0.1, -0.05) is 48.5 Å². The smallest absolute Gasteiger partial charge is 0.457 e. The summed E-state index contributed by atoms with van der Waals surface area (Å²) in [4.78, 5) is 37.8. The summed E-state index contributed by atoms with van der Waals surface area (Å²) >= 11 is 0. The predicted molar refractivity (Wildman–Crippen MR) is 179 cm³/mol. The average molecular weight is 792 g/mol. The molecule has 0 amide bonds. The van der Waals surface area contributed by atoms with Crippen molar-refractivity contribution >= 4 is 43.6 Å². The Kier molecular flexibility index (Phi) is 6.54. The van der Waals surface area contributed by atoms with Crippen molar-refractivity contribution in [3.8, 4) is 11.5 Å². The first kappa shape index (κ1) is 29.0. The maximum absolute atomic E-state index is 13.5. The molecule has 0 spiro atoms. The molecule has 0 saturated heterocycles. The molecule has 1 aliphatic rings. The van der Waals surface area contributed by atoms with Crippen LogP contribution in [0.3, 0.4) is 0 Å². The van der Waals surface area contributed by atoms with E-state index in [-0.39, 0.29) is 32.2 Å². The van der Waals surface area contributed by atoms with Crippen molar-refractivity contribution in [1.29, 1.82) is 0 Å². The van der Waals surface area contributed by atoms with Gasteiger partial charge in [-0.2, -0.15) is 0 Å². The van der Waals surface area contributed by atoms with Crippen molar-refractivity contribution in [2.45, 2.75) is 5.41 Å². The summed E-state index contributed by atoms with van der Waals surface area (Å²) < 4.78 is 9.76. The minimum atomic E-state index is -1.07. The van der Waals surface area contributed by atoms with E-state index in [0.29, 0.717) is 44.7 Å². The number of para-hydroxylation sites is 2. The minimum absolute atomic E-state index is 0. The first-order valence-corrected chi connectivity index (χ1v) is 15.0. The molecule has 0 unspecified atom stereocenters. The van der Waals surface area contributed by atoms with Crippen LogP contribution in [-0.2, 0) is 40.6 Å². The fourth-order valence-electron chi connectivity index (χ4n) is 7.11. The van der Waals surface area contributed by atoms with Crippen molar-refractivity contribution in [2.24, 2.45) is 14.1 Å². The predicted octanol–water partition coefficient (Wildman–Crippen LogP) is 6.57. The number of ether oxygens (including phenoxy) is 1. The van der Waals surface area contributed by atoms with Crippen molar-refractivity contribution < 1.29 is 25.8 Å². The molecule has 0 fully saturated rings. The number of aryl methyl sites for hydroxylation is 2. The van der Waals surface area contributed by atoms with Crippen molar-refractivity contribution in [3.05, 3.63) is 165 Å². The Balaban J connectivity index is 0.00000324. The minimum Gasteiger partial charge on any atom is -0.457 e. The van der Waals surface area contributed by atoms with Gasteiger partial charge in [0.2, 0.25) is 11.1 Å². The molecule has 228 valence electrons. The van der Waals surface area contributed by atoms with Gasteiger partial charge in [-0.25, -0.2) is 0 Å². The standard InChI is InChI=1S/C39H24N4O3.Pt/c1-42-29-15-7-3-11-23(29)35-25(37(42)44)19-21-33(40-35)39(27-13-5-9-17-31(27)46-32-18-10-6-14-28(32)39)34-22-20-26-36(41-34)24-12-4-8-16-30(24)43(2)38(26)45;/h3-10,13-22H,1-2H3;/q-2;+2. The molecule has 0 atom stereocenters. The quantitative estimate of drug-likeness (QED) is 0.146. The normalized spacial score (nSPS) is 13.2. The number of pyridine rings is 4. The summed E-state index contributed by atoms with van der Waals surface area (Å²) in [5.74, 6) is 1.34. The van der Waals surface area contributed by atoms with Crippen LogP contribution in [0.1, 0.15) is 22.5 Å². The van der Waals surface area contributed by atoms with E-state index in [1.54, 1.807) is 23.2 Å². The van der Waals surface area contributed by atoms with Crippen LogP contribution in [0.4, 0.5) is 0 Å². The number of aromatic nitrogens is 4. The van der Waals surface area contributed by atoms with E-state index in [1.165, 1.54) is 0 Å². The van der Waals surface area contributed by atoms with Gasteiger partial charge >= 0.3 is 21.1 Å². The molecule has 4 aromatic carbocycles. The molecule has 9 rings (SSSR count). The zero-order valence-electron chi connectivity index (χ0n) is 25.2. The summed E-state index contributed by atoms with van der Waals surface area (Å²) in [6, 6.07) is 41.2.